The summed E-state index contributed by atoms with van der Waals surface area (Å²) in [6.45, 7) is 3.56. The molecule has 2 aromatic rings. The molecule has 142 valence electrons. The molecule has 1 N–H and O–H groups in total. The molecule has 0 radical (unpaired) electrons. The predicted octanol–water partition coefficient (Wildman–Crippen LogP) is 2.36. The molecule has 0 atom stereocenters. The standard InChI is InChI=1S/C18H20N4O3S2/c1-3-21-17(24)13(27-18(21)26)11-12-15(19-8-6-10-25-2)20-14-7-4-5-9-22(14)16(12)23/h4-5,7,9,11,19H,3,6,8,10H2,1-2H3/b13-11-. The van der Waals surface area contributed by atoms with E-state index in [9.17, 15) is 9.59 Å². The summed E-state index contributed by atoms with van der Waals surface area (Å²) >= 11 is 6.45. The van der Waals surface area contributed by atoms with Crippen molar-refractivity contribution >= 4 is 51.7 Å². The fourth-order valence-corrected chi connectivity index (χ4v) is 4.06. The number of thioether (sulfide) groups is 1. The molecular formula is C18H20N4O3S2. The van der Waals surface area contributed by atoms with Gasteiger partial charge in [0.25, 0.3) is 11.5 Å². The summed E-state index contributed by atoms with van der Waals surface area (Å²) in [4.78, 5) is 32.0. The van der Waals surface area contributed by atoms with Crippen LogP contribution < -0.4 is 10.9 Å². The summed E-state index contributed by atoms with van der Waals surface area (Å²) in [5.41, 5.74) is 0.638. The van der Waals surface area contributed by atoms with Crippen LogP contribution in [0.3, 0.4) is 0 Å². The number of thiocarbonyl (C=S) groups is 1. The summed E-state index contributed by atoms with van der Waals surface area (Å²) in [7, 11) is 1.64. The van der Waals surface area contributed by atoms with Crippen molar-refractivity contribution in [3.63, 3.8) is 0 Å². The van der Waals surface area contributed by atoms with Crippen LogP contribution in [0.4, 0.5) is 5.82 Å². The van der Waals surface area contributed by atoms with Crippen LogP contribution in [0.1, 0.15) is 18.9 Å². The fraction of sp³-hybridized carbons (Fsp3) is 0.333. The molecule has 1 aliphatic heterocycles. The van der Waals surface area contributed by atoms with E-state index in [1.807, 2.05) is 13.0 Å². The van der Waals surface area contributed by atoms with Crippen molar-refractivity contribution < 1.29 is 9.53 Å². The normalized spacial score (nSPS) is 15.9. The molecule has 0 spiro atoms. The Balaban J connectivity index is 2.05. The van der Waals surface area contributed by atoms with Crippen molar-refractivity contribution in [1.29, 1.82) is 0 Å². The van der Waals surface area contributed by atoms with Gasteiger partial charge in [0.15, 0.2) is 0 Å². The van der Waals surface area contributed by atoms with Crippen molar-refractivity contribution in [2.75, 3.05) is 32.1 Å². The molecule has 1 aliphatic rings. The smallest absolute Gasteiger partial charge is 0.267 e. The quantitative estimate of drug-likeness (QED) is 0.431. The molecule has 1 amide bonds. The number of hydrogen-bond acceptors (Lipinski definition) is 7. The number of amides is 1. The molecule has 0 bridgehead atoms. The van der Waals surface area contributed by atoms with Gasteiger partial charge < -0.3 is 10.1 Å². The number of methoxy groups -OCH3 is 1. The highest BCUT2D eigenvalue weighted by Gasteiger charge is 2.31. The second kappa shape index (κ2) is 8.64. The Morgan fingerprint density at radius 2 is 2.19 bits per heavy atom. The predicted molar refractivity (Wildman–Crippen MR) is 112 cm³/mol. The Morgan fingerprint density at radius 1 is 1.37 bits per heavy atom. The second-order valence-electron chi connectivity index (χ2n) is 5.81. The second-order valence-corrected chi connectivity index (χ2v) is 7.48. The van der Waals surface area contributed by atoms with Crippen molar-refractivity contribution in [3.05, 3.63) is 45.2 Å². The molecule has 0 unspecified atom stereocenters. The van der Waals surface area contributed by atoms with Crippen molar-refractivity contribution in [2.45, 2.75) is 13.3 Å². The molecule has 2 aromatic heterocycles. The number of nitrogens with zero attached hydrogens (tertiary/aromatic N) is 3. The molecule has 1 saturated heterocycles. The molecule has 7 nitrogen and oxygen atoms in total. The van der Waals surface area contributed by atoms with E-state index in [1.165, 1.54) is 21.1 Å². The Kier molecular flexibility index (Phi) is 6.25. The number of likely N-dealkylation sites (N-methyl/N-ethyl adjacent to an activating group) is 1. The van der Waals surface area contributed by atoms with Crippen molar-refractivity contribution in [3.8, 4) is 0 Å². The van der Waals surface area contributed by atoms with Crippen LogP contribution in [0.15, 0.2) is 34.1 Å². The van der Waals surface area contributed by atoms with E-state index in [1.54, 1.807) is 31.5 Å². The Hall–Kier alpha value is -2.23. The third-order valence-corrected chi connectivity index (χ3v) is 5.43. The zero-order chi connectivity index (χ0) is 19.4. The van der Waals surface area contributed by atoms with Gasteiger partial charge in [-0.05, 0) is 31.6 Å². The number of hydrogen-bond donors (Lipinski definition) is 1. The lowest BCUT2D eigenvalue weighted by atomic mass is 10.2. The van der Waals surface area contributed by atoms with Crippen LogP contribution in [-0.4, -0.2) is 51.3 Å². The summed E-state index contributed by atoms with van der Waals surface area (Å²) in [5, 5.41) is 3.19. The van der Waals surface area contributed by atoms with E-state index < -0.39 is 0 Å². The maximum Gasteiger partial charge on any atom is 0.267 e. The number of pyridine rings is 1. The summed E-state index contributed by atoms with van der Waals surface area (Å²) < 4.78 is 7.02. The highest BCUT2D eigenvalue weighted by molar-refractivity contribution is 8.26. The van der Waals surface area contributed by atoms with Gasteiger partial charge in [-0.3, -0.25) is 18.9 Å². The Bertz CT molecular complexity index is 971. The van der Waals surface area contributed by atoms with E-state index in [2.05, 4.69) is 10.3 Å². The molecule has 27 heavy (non-hydrogen) atoms. The number of carbonyl (C=O) groups excluding carboxylic acids is 1. The fourth-order valence-electron chi connectivity index (χ4n) is 2.69. The van der Waals surface area contributed by atoms with Crippen molar-refractivity contribution in [1.82, 2.24) is 14.3 Å². The van der Waals surface area contributed by atoms with Gasteiger partial charge in [-0.15, -0.1) is 0 Å². The van der Waals surface area contributed by atoms with Crippen LogP contribution >= 0.6 is 24.0 Å². The number of nitrogens with one attached hydrogen (secondary N) is 1. The molecule has 0 saturated carbocycles. The first-order valence-electron chi connectivity index (χ1n) is 8.56. The third-order valence-electron chi connectivity index (χ3n) is 4.05. The van der Waals surface area contributed by atoms with Gasteiger partial charge in [0, 0.05) is 33.0 Å². The van der Waals surface area contributed by atoms with Crippen LogP contribution in [0.2, 0.25) is 0 Å². The topological polar surface area (TPSA) is 75.9 Å². The van der Waals surface area contributed by atoms with Crippen LogP contribution in [-0.2, 0) is 9.53 Å². The molecule has 3 heterocycles. The number of carbonyl (C=O) groups is 1. The number of aromatic nitrogens is 2. The zero-order valence-electron chi connectivity index (χ0n) is 15.1. The van der Waals surface area contributed by atoms with Crippen molar-refractivity contribution in [2.24, 2.45) is 0 Å². The lowest BCUT2D eigenvalue weighted by Crippen LogP contribution is -2.27. The SMILES string of the molecule is CCN1C(=O)/C(=C/c2c(NCCCOC)nc3ccccn3c2=O)SC1=S. The summed E-state index contributed by atoms with van der Waals surface area (Å²) in [6, 6.07) is 5.35. The monoisotopic (exact) mass is 404 g/mol. The summed E-state index contributed by atoms with van der Waals surface area (Å²) in [6.07, 6.45) is 4.01. The van der Waals surface area contributed by atoms with E-state index in [0.29, 0.717) is 46.0 Å². The molecule has 0 aromatic carbocycles. The minimum Gasteiger partial charge on any atom is -0.385 e. The highest BCUT2D eigenvalue weighted by atomic mass is 32.2. The molecule has 3 rings (SSSR count). The first-order valence-corrected chi connectivity index (χ1v) is 9.79. The van der Waals surface area contributed by atoms with E-state index in [-0.39, 0.29) is 11.5 Å². The molecule has 0 aliphatic carbocycles. The first kappa shape index (κ1) is 19.5. The molecule has 9 heteroatoms. The summed E-state index contributed by atoms with van der Waals surface area (Å²) in [5.74, 6) is 0.263. The van der Waals surface area contributed by atoms with Crippen LogP contribution in [0, 0.1) is 0 Å². The maximum absolute atomic E-state index is 13.0. The minimum absolute atomic E-state index is 0.185. The Labute approximate surface area is 166 Å². The molecule has 1 fully saturated rings. The average Bonchev–Trinajstić information content (AvgIpc) is 2.94. The largest absolute Gasteiger partial charge is 0.385 e. The first-order chi connectivity index (χ1) is 13.1. The van der Waals surface area contributed by atoms with Gasteiger partial charge in [-0.25, -0.2) is 4.98 Å². The lowest BCUT2D eigenvalue weighted by molar-refractivity contribution is -0.121. The number of anilines is 1. The average molecular weight is 405 g/mol. The number of rotatable bonds is 7. The van der Waals surface area contributed by atoms with Crippen LogP contribution in [0.25, 0.3) is 11.7 Å². The minimum atomic E-state index is -0.239. The van der Waals surface area contributed by atoms with Crippen LogP contribution in [0.5, 0.6) is 0 Å². The van der Waals surface area contributed by atoms with E-state index >= 15 is 0 Å². The van der Waals surface area contributed by atoms with Gasteiger partial charge in [-0.2, -0.15) is 0 Å². The molecular weight excluding hydrogens is 384 g/mol. The maximum atomic E-state index is 13.0. The number of ether oxygens (including phenoxy) is 1. The highest BCUT2D eigenvalue weighted by Crippen LogP contribution is 2.32. The zero-order valence-corrected chi connectivity index (χ0v) is 16.7. The van der Waals surface area contributed by atoms with Gasteiger partial charge in [0.1, 0.15) is 15.8 Å². The third kappa shape index (κ3) is 4.05. The van der Waals surface area contributed by atoms with Gasteiger partial charge in [-0.1, -0.05) is 30.0 Å². The van der Waals surface area contributed by atoms with E-state index in [0.717, 1.165) is 6.42 Å². The Morgan fingerprint density at radius 3 is 2.89 bits per heavy atom. The van der Waals surface area contributed by atoms with E-state index in [4.69, 9.17) is 17.0 Å². The lowest BCUT2D eigenvalue weighted by Gasteiger charge is -2.11. The van der Waals surface area contributed by atoms with Gasteiger partial charge >= 0.3 is 0 Å². The van der Waals surface area contributed by atoms with Gasteiger partial charge in [0.2, 0.25) is 0 Å². The number of fused-ring (bicyclic) bond motifs is 1. The van der Waals surface area contributed by atoms with Gasteiger partial charge in [0.05, 0.1) is 10.5 Å².